The molecule has 50 valence electrons. The lowest BCUT2D eigenvalue weighted by Crippen LogP contribution is -2.19. The molecule has 2 heterocycles. The van der Waals surface area contributed by atoms with Gasteiger partial charge in [-0.25, -0.2) is 4.31 Å². The van der Waals surface area contributed by atoms with E-state index in [1.165, 1.54) is 13.0 Å². The van der Waals surface area contributed by atoms with Crippen molar-refractivity contribution in [3.05, 3.63) is 11.5 Å². The van der Waals surface area contributed by atoms with Crippen LogP contribution in [0.1, 0.15) is 13.3 Å². The van der Waals surface area contributed by atoms with E-state index in [0.29, 0.717) is 0 Å². The zero-order valence-corrected chi connectivity index (χ0v) is 6.40. The third kappa shape index (κ3) is 0.812. The summed E-state index contributed by atoms with van der Waals surface area (Å²) >= 11 is 1.87. The average Bonchev–Trinajstić information content (AvgIpc) is 2.35. The van der Waals surface area contributed by atoms with E-state index in [1.807, 2.05) is 11.9 Å². The first-order valence-corrected chi connectivity index (χ1v) is 4.31. The van der Waals surface area contributed by atoms with Gasteiger partial charge in [0.25, 0.3) is 0 Å². The molecule has 0 aromatic carbocycles. The molecule has 0 amide bonds. The van der Waals surface area contributed by atoms with Crippen LogP contribution in [0.25, 0.3) is 0 Å². The Labute approximate surface area is 60.2 Å². The zero-order chi connectivity index (χ0) is 6.27. The fourth-order valence-electron chi connectivity index (χ4n) is 1.54. The van der Waals surface area contributed by atoms with Crippen LogP contribution in [0.4, 0.5) is 0 Å². The van der Waals surface area contributed by atoms with Crippen molar-refractivity contribution < 1.29 is 0 Å². The molecule has 0 aromatic rings. The van der Waals surface area contributed by atoms with E-state index in [2.05, 4.69) is 22.7 Å². The molecule has 0 aromatic heterocycles. The maximum absolute atomic E-state index is 2.46. The summed E-state index contributed by atoms with van der Waals surface area (Å²) in [6, 6.07) is 0.759. The predicted octanol–water partition coefficient (Wildman–Crippen LogP) is 1.87. The van der Waals surface area contributed by atoms with E-state index in [1.54, 1.807) is 0 Å². The normalized spacial score (nSPS) is 41.9. The molecular formula is C7H11NS. The summed E-state index contributed by atoms with van der Waals surface area (Å²) in [5.74, 6) is 0.885. The first-order valence-electron chi connectivity index (χ1n) is 3.48. The van der Waals surface area contributed by atoms with E-state index in [0.717, 1.165) is 12.0 Å². The highest BCUT2D eigenvalue weighted by Crippen LogP contribution is 2.35. The lowest BCUT2D eigenvalue weighted by atomic mass is 10.0. The molecule has 0 bridgehead atoms. The standard InChI is InChI=1S/C7H11NS/c1-6-2-4-8-7(6)3-5-9-8/h3,5-7H,2,4H2,1H3. The Bertz CT molecular complexity index is 144. The van der Waals surface area contributed by atoms with Crippen LogP contribution in [0.5, 0.6) is 0 Å². The van der Waals surface area contributed by atoms with Gasteiger partial charge in [0.2, 0.25) is 0 Å². The molecule has 2 rings (SSSR count). The minimum atomic E-state index is 0.759. The second-order valence-corrected chi connectivity index (χ2v) is 3.78. The molecule has 0 aliphatic carbocycles. The van der Waals surface area contributed by atoms with Gasteiger partial charge in [0.1, 0.15) is 0 Å². The number of hydrogen-bond acceptors (Lipinski definition) is 2. The molecule has 0 radical (unpaired) electrons. The second-order valence-electron chi connectivity index (χ2n) is 2.83. The van der Waals surface area contributed by atoms with Crippen LogP contribution in [-0.4, -0.2) is 16.9 Å². The number of fused-ring (bicyclic) bond motifs is 1. The third-order valence-electron chi connectivity index (χ3n) is 2.19. The topological polar surface area (TPSA) is 3.24 Å². The Morgan fingerprint density at radius 3 is 3.33 bits per heavy atom. The SMILES string of the molecule is CC1CCN2SC=CC12. The molecule has 0 N–H and O–H groups in total. The van der Waals surface area contributed by atoms with Crippen LogP contribution < -0.4 is 0 Å². The van der Waals surface area contributed by atoms with Crippen LogP contribution in [0.2, 0.25) is 0 Å². The van der Waals surface area contributed by atoms with Crippen molar-refractivity contribution in [2.45, 2.75) is 19.4 Å². The van der Waals surface area contributed by atoms with E-state index < -0.39 is 0 Å². The molecule has 2 heteroatoms. The van der Waals surface area contributed by atoms with Crippen molar-refractivity contribution in [3.8, 4) is 0 Å². The van der Waals surface area contributed by atoms with Crippen molar-refractivity contribution >= 4 is 11.9 Å². The van der Waals surface area contributed by atoms with E-state index in [-0.39, 0.29) is 0 Å². The fourth-order valence-corrected chi connectivity index (χ4v) is 2.55. The molecule has 2 aliphatic rings. The lowest BCUT2D eigenvalue weighted by molar-refractivity contribution is 0.460. The van der Waals surface area contributed by atoms with Gasteiger partial charge in [-0.15, -0.1) is 0 Å². The summed E-state index contributed by atoms with van der Waals surface area (Å²) in [6.45, 7) is 3.62. The van der Waals surface area contributed by atoms with Gasteiger partial charge in [-0.1, -0.05) is 13.0 Å². The molecule has 0 spiro atoms. The highest BCUT2D eigenvalue weighted by atomic mass is 32.2. The summed E-state index contributed by atoms with van der Waals surface area (Å²) in [7, 11) is 0. The molecule has 2 unspecified atom stereocenters. The van der Waals surface area contributed by atoms with E-state index >= 15 is 0 Å². The van der Waals surface area contributed by atoms with Crippen LogP contribution in [0, 0.1) is 5.92 Å². The molecule has 2 aliphatic heterocycles. The van der Waals surface area contributed by atoms with Gasteiger partial charge in [0.05, 0.1) is 0 Å². The smallest absolute Gasteiger partial charge is 0.0420 e. The van der Waals surface area contributed by atoms with Gasteiger partial charge >= 0.3 is 0 Å². The predicted molar refractivity (Wildman–Crippen MR) is 41.0 cm³/mol. The lowest BCUT2D eigenvalue weighted by Gasteiger charge is -2.14. The Morgan fingerprint density at radius 1 is 1.67 bits per heavy atom. The number of rotatable bonds is 0. The first kappa shape index (κ1) is 5.81. The molecule has 9 heavy (non-hydrogen) atoms. The minimum absolute atomic E-state index is 0.759. The second kappa shape index (κ2) is 2.03. The summed E-state index contributed by atoms with van der Waals surface area (Å²) < 4.78 is 2.46. The average molecular weight is 141 g/mol. The minimum Gasteiger partial charge on any atom is -0.240 e. The fraction of sp³-hybridized carbons (Fsp3) is 0.714. The third-order valence-corrected chi connectivity index (χ3v) is 3.17. The Hall–Kier alpha value is 0.0500. The summed E-state index contributed by atoms with van der Waals surface area (Å²) in [4.78, 5) is 0. The number of nitrogens with zero attached hydrogens (tertiary/aromatic N) is 1. The zero-order valence-electron chi connectivity index (χ0n) is 5.58. The van der Waals surface area contributed by atoms with Gasteiger partial charge < -0.3 is 0 Å². The van der Waals surface area contributed by atoms with Crippen LogP contribution in [0.15, 0.2) is 11.5 Å². The highest BCUT2D eigenvalue weighted by molar-refractivity contribution is 8.00. The molecule has 2 atom stereocenters. The molecule has 1 fully saturated rings. The summed E-state index contributed by atoms with van der Waals surface area (Å²) in [5.41, 5.74) is 0. The highest BCUT2D eigenvalue weighted by Gasteiger charge is 2.31. The molecule has 0 saturated carbocycles. The van der Waals surface area contributed by atoms with Gasteiger partial charge in [-0.3, -0.25) is 0 Å². The van der Waals surface area contributed by atoms with Crippen molar-refractivity contribution in [1.82, 2.24) is 4.31 Å². The monoisotopic (exact) mass is 141 g/mol. The number of hydrogen-bond donors (Lipinski definition) is 0. The van der Waals surface area contributed by atoms with Crippen molar-refractivity contribution in [2.75, 3.05) is 6.54 Å². The van der Waals surface area contributed by atoms with Gasteiger partial charge in [-0.05, 0) is 29.7 Å². The van der Waals surface area contributed by atoms with Crippen LogP contribution in [-0.2, 0) is 0 Å². The Balaban J connectivity index is 2.15. The molecule has 1 saturated heterocycles. The van der Waals surface area contributed by atoms with Crippen molar-refractivity contribution in [2.24, 2.45) is 5.92 Å². The van der Waals surface area contributed by atoms with Crippen LogP contribution >= 0.6 is 11.9 Å². The van der Waals surface area contributed by atoms with Crippen LogP contribution in [0.3, 0.4) is 0 Å². The van der Waals surface area contributed by atoms with Crippen molar-refractivity contribution in [1.29, 1.82) is 0 Å². The van der Waals surface area contributed by atoms with E-state index in [4.69, 9.17) is 0 Å². The quantitative estimate of drug-likeness (QED) is 0.474. The van der Waals surface area contributed by atoms with E-state index in [9.17, 15) is 0 Å². The molecular weight excluding hydrogens is 130 g/mol. The van der Waals surface area contributed by atoms with Gasteiger partial charge in [0, 0.05) is 12.6 Å². The summed E-state index contributed by atoms with van der Waals surface area (Å²) in [5, 5.41) is 2.21. The Morgan fingerprint density at radius 2 is 2.56 bits per heavy atom. The first-order chi connectivity index (χ1) is 4.38. The largest absolute Gasteiger partial charge is 0.240 e. The maximum Gasteiger partial charge on any atom is 0.0420 e. The van der Waals surface area contributed by atoms with Crippen molar-refractivity contribution in [3.63, 3.8) is 0 Å². The maximum atomic E-state index is 2.46. The van der Waals surface area contributed by atoms with Gasteiger partial charge in [-0.2, -0.15) is 0 Å². The summed E-state index contributed by atoms with van der Waals surface area (Å²) in [6.07, 6.45) is 3.70. The van der Waals surface area contributed by atoms with Gasteiger partial charge in [0.15, 0.2) is 0 Å². The Kier molecular flexibility index (Phi) is 1.31. The molecule has 1 nitrogen and oxygen atoms in total.